The topological polar surface area (TPSA) is 66.8 Å². The second-order valence-corrected chi connectivity index (χ2v) is 4.23. The standard InChI is InChI=1S/C13H16ClNO4/c1-2-19-8-7-12(16)15(9-13(17)18)11-5-3-10(14)4-6-11/h3-6H,2,7-9H2,1H3,(H,17,18). The van der Waals surface area contributed by atoms with Gasteiger partial charge in [0.05, 0.1) is 13.0 Å². The molecule has 0 aliphatic carbocycles. The van der Waals surface area contributed by atoms with E-state index in [1.54, 1.807) is 24.3 Å². The van der Waals surface area contributed by atoms with E-state index in [0.29, 0.717) is 17.3 Å². The summed E-state index contributed by atoms with van der Waals surface area (Å²) in [5, 5.41) is 9.40. The summed E-state index contributed by atoms with van der Waals surface area (Å²) in [4.78, 5) is 24.0. The molecular weight excluding hydrogens is 270 g/mol. The Kier molecular flexibility index (Phi) is 6.32. The number of nitrogens with zero attached hydrogens (tertiary/aromatic N) is 1. The van der Waals surface area contributed by atoms with E-state index >= 15 is 0 Å². The van der Waals surface area contributed by atoms with E-state index in [4.69, 9.17) is 21.4 Å². The summed E-state index contributed by atoms with van der Waals surface area (Å²) in [6.45, 7) is 2.25. The highest BCUT2D eigenvalue weighted by molar-refractivity contribution is 6.30. The smallest absolute Gasteiger partial charge is 0.323 e. The molecule has 0 saturated carbocycles. The summed E-state index contributed by atoms with van der Waals surface area (Å²) in [5.74, 6) is -1.36. The number of amides is 1. The molecule has 1 aromatic rings. The van der Waals surface area contributed by atoms with Gasteiger partial charge in [0.25, 0.3) is 0 Å². The minimum Gasteiger partial charge on any atom is -0.480 e. The molecule has 0 radical (unpaired) electrons. The van der Waals surface area contributed by atoms with Crippen LogP contribution in [0.2, 0.25) is 5.02 Å². The van der Waals surface area contributed by atoms with E-state index in [0.717, 1.165) is 0 Å². The van der Waals surface area contributed by atoms with Gasteiger partial charge in [-0.2, -0.15) is 0 Å². The first kappa shape index (κ1) is 15.5. The highest BCUT2D eigenvalue weighted by Gasteiger charge is 2.18. The third kappa shape index (κ3) is 5.28. The van der Waals surface area contributed by atoms with E-state index in [9.17, 15) is 9.59 Å². The molecule has 0 fully saturated rings. The molecular formula is C13H16ClNO4. The molecule has 0 aromatic heterocycles. The number of carbonyl (C=O) groups excluding carboxylic acids is 1. The Morgan fingerprint density at radius 2 is 1.95 bits per heavy atom. The average molecular weight is 286 g/mol. The van der Waals surface area contributed by atoms with E-state index in [2.05, 4.69) is 0 Å². The Morgan fingerprint density at radius 1 is 1.32 bits per heavy atom. The summed E-state index contributed by atoms with van der Waals surface area (Å²) in [6, 6.07) is 6.46. The fraction of sp³-hybridized carbons (Fsp3) is 0.385. The number of hydrogen-bond acceptors (Lipinski definition) is 3. The molecule has 0 unspecified atom stereocenters. The highest BCUT2D eigenvalue weighted by atomic mass is 35.5. The lowest BCUT2D eigenvalue weighted by Crippen LogP contribution is -2.36. The van der Waals surface area contributed by atoms with Gasteiger partial charge < -0.3 is 14.7 Å². The number of ether oxygens (including phenoxy) is 1. The number of aliphatic carboxylic acids is 1. The van der Waals surface area contributed by atoms with Crippen LogP contribution in [0.4, 0.5) is 5.69 Å². The molecule has 0 aliphatic rings. The molecule has 1 rings (SSSR count). The number of anilines is 1. The number of benzene rings is 1. The maximum atomic E-state index is 12.0. The monoisotopic (exact) mass is 285 g/mol. The number of carboxylic acid groups (broad SMARTS) is 1. The van der Waals surface area contributed by atoms with Crippen molar-refractivity contribution in [3.8, 4) is 0 Å². The zero-order chi connectivity index (χ0) is 14.3. The Hall–Kier alpha value is -1.59. The molecule has 1 amide bonds. The largest absolute Gasteiger partial charge is 0.480 e. The summed E-state index contributed by atoms with van der Waals surface area (Å²) in [7, 11) is 0. The summed E-state index contributed by atoms with van der Waals surface area (Å²) in [5.41, 5.74) is 0.508. The number of halogens is 1. The highest BCUT2D eigenvalue weighted by Crippen LogP contribution is 2.18. The van der Waals surface area contributed by atoms with Crippen molar-refractivity contribution in [3.63, 3.8) is 0 Å². The van der Waals surface area contributed by atoms with Crippen LogP contribution in [-0.4, -0.2) is 36.7 Å². The van der Waals surface area contributed by atoms with Crippen LogP contribution in [0, 0.1) is 0 Å². The van der Waals surface area contributed by atoms with Gasteiger partial charge in [-0.3, -0.25) is 9.59 Å². The molecule has 0 spiro atoms. The zero-order valence-electron chi connectivity index (χ0n) is 10.6. The maximum Gasteiger partial charge on any atom is 0.323 e. The van der Waals surface area contributed by atoms with Crippen molar-refractivity contribution in [2.75, 3.05) is 24.7 Å². The average Bonchev–Trinajstić information content (AvgIpc) is 2.37. The fourth-order valence-electron chi connectivity index (χ4n) is 1.52. The van der Waals surface area contributed by atoms with Crippen molar-refractivity contribution in [2.45, 2.75) is 13.3 Å². The van der Waals surface area contributed by atoms with Crippen molar-refractivity contribution >= 4 is 29.2 Å². The van der Waals surface area contributed by atoms with Crippen LogP contribution in [0.5, 0.6) is 0 Å². The summed E-state index contributed by atoms with van der Waals surface area (Å²) < 4.78 is 5.10. The van der Waals surface area contributed by atoms with Crippen LogP contribution >= 0.6 is 11.6 Å². The number of hydrogen-bond donors (Lipinski definition) is 1. The van der Waals surface area contributed by atoms with Crippen LogP contribution in [0.25, 0.3) is 0 Å². The van der Waals surface area contributed by atoms with Gasteiger partial charge in [-0.1, -0.05) is 11.6 Å². The molecule has 0 saturated heterocycles. The molecule has 1 N–H and O–H groups in total. The van der Waals surface area contributed by atoms with Crippen LogP contribution in [0.1, 0.15) is 13.3 Å². The van der Waals surface area contributed by atoms with Gasteiger partial charge in [0, 0.05) is 17.3 Å². The minimum atomic E-state index is -1.07. The zero-order valence-corrected chi connectivity index (χ0v) is 11.4. The van der Waals surface area contributed by atoms with Crippen molar-refractivity contribution < 1.29 is 19.4 Å². The molecule has 0 aliphatic heterocycles. The normalized spacial score (nSPS) is 10.2. The number of rotatable bonds is 7. The van der Waals surface area contributed by atoms with Gasteiger partial charge in [0.15, 0.2) is 0 Å². The van der Waals surface area contributed by atoms with Crippen molar-refractivity contribution in [1.82, 2.24) is 0 Å². The number of carbonyl (C=O) groups is 2. The molecule has 19 heavy (non-hydrogen) atoms. The van der Waals surface area contributed by atoms with Crippen LogP contribution in [0.3, 0.4) is 0 Å². The first-order valence-corrected chi connectivity index (χ1v) is 6.28. The second-order valence-electron chi connectivity index (χ2n) is 3.80. The molecule has 0 bridgehead atoms. The lowest BCUT2D eigenvalue weighted by molar-refractivity contribution is -0.136. The predicted octanol–water partition coefficient (Wildman–Crippen LogP) is 2.18. The van der Waals surface area contributed by atoms with Crippen LogP contribution in [0.15, 0.2) is 24.3 Å². The van der Waals surface area contributed by atoms with Crippen molar-refractivity contribution in [3.05, 3.63) is 29.3 Å². The van der Waals surface area contributed by atoms with Gasteiger partial charge in [0.1, 0.15) is 6.54 Å². The van der Waals surface area contributed by atoms with E-state index in [-0.39, 0.29) is 25.5 Å². The Labute approximate surface area is 116 Å². The Morgan fingerprint density at radius 3 is 2.47 bits per heavy atom. The Balaban J connectivity index is 2.79. The quantitative estimate of drug-likeness (QED) is 0.780. The van der Waals surface area contributed by atoms with Crippen LogP contribution in [-0.2, 0) is 14.3 Å². The van der Waals surface area contributed by atoms with Gasteiger partial charge >= 0.3 is 5.97 Å². The molecule has 0 heterocycles. The Bertz CT molecular complexity index is 433. The van der Waals surface area contributed by atoms with Gasteiger partial charge in [-0.15, -0.1) is 0 Å². The van der Waals surface area contributed by atoms with Crippen molar-refractivity contribution in [1.29, 1.82) is 0 Å². The first-order chi connectivity index (χ1) is 9.04. The van der Waals surface area contributed by atoms with E-state index < -0.39 is 5.97 Å². The minimum absolute atomic E-state index is 0.143. The molecule has 5 nitrogen and oxygen atoms in total. The molecule has 1 aromatic carbocycles. The second kappa shape index (κ2) is 7.76. The van der Waals surface area contributed by atoms with Crippen molar-refractivity contribution in [2.24, 2.45) is 0 Å². The molecule has 0 atom stereocenters. The van der Waals surface area contributed by atoms with Gasteiger partial charge in [0.2, 0.25) is 5.91 Å². The lowest BCUT2D eigenvalue weighted by Gasteiger charge is -2.21. The SMILES string of the molecule is CCOCCC(=O)N(CC(=O)O)c1ccc(Cl)cc1. The predicted molar refractivity (Wildman–Crippen MR) is 72.6 cm³/mol. The first-order valence-electron chi connectivity index (χ1n) is 5.90. The third-order valence-electron chi connectivity index (χ3n) is 2.40. The molecule has 104 valence electrons. The fourth-order valence-corrected chi connectivity index (χ4v) is 1.64. The van der Waals surface area contributed by atoms with Gasteiger partial charge in [-0.25, -0.2) is 0 Å². The van der Waals surface area contributed by atoms with E-state index in [1.807, 2.05) is 6.92 Å². The van der Waals surface area contributed by atoms with Gasteiger partial charge in [-0.05, 0) is 31.2 Å². The van der Waals surface area contributed by atoms with E-state index in [1.165, 1.54) is 4.90 Å². The third-order valence-corrected chi connectivity index (χ3v) is 2.65. The summed E-state index contributed by atoms with van der Waals surface area (Å²) >= 11 is 5.76. The lowest BCUT2D eigenvalue weighted by atomic mass is 10.2. The number of carboxylic acids is 1. The molecule has 6 heteroatoms. The summed E-state index contributed by atoms with van der Waals surface area (Å²) in [6.07, 6.45) is 0.143. The maximum absolute atomic E-state index is 12.0. The van der Waals surface area contributed by atoms with Crippen LogP contribution < -0.4 is 4.90 Å².